The summed E-state index contributed by atoms with van der Waals surface area (Å²) < 4.78 is 45.0. The number of hydrogen-bond acceptors (Lipinski definition) is 7. The molecule has 9 nitrogen and oxygen atoms in total. The first-order valence-corrected chi connectivity index (χ1v) is 15.0. The third-order valence-electron chi connectivity index (χ3n) is 6.61. The van der Waals surface area contributed by atoms with E-state index in [0.29, 0.717) is 56.5 Å². The van der Waals surface area contributed by atoms with Crippen LogP contribution in [0.4, 0.5) is 11.4 Å². The lowest BCUT2D eigenvalue weighted by atomic mass is 9.97. The van der Waals surface area contributed by atoms with Crippen molar-refractivity contribution in [2.45, 2.75) is 31.6 Å². The molecule has 0 atom stereocenters. The van der Waals surface area contributed by atoms with E-state index < -0.39 is 10.0 Å². The monoisotopic (exact) mass is 585 g/mol. The topological polar surface area (TPSA) is 97.4 Å². The van der Waals surface area contributed by atoms with Gasteiger partial charge in [-0.2, -0.15) is 4.31 Å². The van der Waals surface area contributed by atoms with Gasteiger partial charge in [-0.05, 0) is 38.8 Å². The van der Waals surface area contributed by atoms with Crippen LogP contribution in [0, 0.1) is 5.92 Å². The van der Waals surface area contributed by atoms with Crippen LogP contribution in [-0.4, -0.2) is 71.2 Å². The van der Waals surface area contributed by atoms with E-state index in [1.165, 1.54) is 16.4 Å². The number of hydrogen-bond donors (Lipinski definition) is 1. The Bertz CT molecular complexity index is 1230. The minimum absolute atomic E-state index is 0.0754. The Kier molecular flexibility index (Phi) is 9.64. The summed E-state index contributed by atoms with van der Waals surface area (Å²) in [5, 5.41) is 3.15. The minimum atomic E-state index is -3.89. The number of nitrogens with zero attached hydrogens (tertiary/aromatic N) is 2. The third-order valence-corrected chi connectivity index (χ3v) is 9.47. The zero-order chi connectivity index (χ0) is 27.3. The fraction of sp³-hybridized carbons (Fsp3) is 0.500. The minimum Gasteiger partial charge on any atom is -0.492 e. The Morgan fingerprint density at radius 3 is 2.21 bits per heavy atom. The smallest absolute Gasteiger partial charge is 0.246 e. The van der Waals surface area contributed by atoms with Crippen molar-refractivity contribution < 1.29 is 27.4 Å². The molecule has 0 radical (unpaired) electrons. The normalized spacial score (nSPS) is 17.3. The number of amides is 1. The zero-order valence-electron chi connectivity index (χ0n) is 21.5. The van der Waals surface area contributed by atoms with Gasteiger partial charge in [0.15, 0.2) is 0 Å². The second-order valence-electron chi connectivity index (χ2n) is 9.00. The molecule has 2 aliphatic rings. The van der Waals surface area contributed by atoms with Gasteiger partial charge in [-0.3, -0.25) is 4.79 Å². The molecule has 0 aromatic heterocycles. The van der Waals surface area contributed by atoms with Crippen LogP contribution in [0.2, 0.25) is 10.0 Å². The largest absolute Gasteiger partial charge is 0.492 e. The van der Waals surface area contributed by atoms with Crippen molar-refractivity contribution in [3.05, 3.63) is 40.4 Å². The zero-order valence-corrected chi connectivity index (χ0v) is 23.9. The Labute approximate surface area is 234 Å². The Morgan fingerprint density at radius 2 is 1.61 bits per heavy atom. The lowest BCUT2D eigenvalue weighted by Gasteiger charge is -2.32. The van der Waals surface area contributed by atoms with Crippen LogP contribution in [0.25, 0.3) is 0 Å². The second kappa shape index (κ2) is 12.7. The van der Waals surface area contributed by atoms with Crippen LogP contribution in [0.3, 0.4) is 0 Å². The van der Waals surface area contributed by atoms with Gasteiger partial charge in [-0.25, -0.2) is 8.42 Å². The maximum Gasteiger partial charge on any atom is 0.246 e. The van der Waals surface area contributed by atoms with Crippen molar-refractivity contribution in [2.24, 2.45) is 5.92 Å². The average molecular weight is 587 g/mol. The number of anilines is 2. The van der Waals surface area contributed by atoms with E-state index in [0.717, 1.165) is 18.8 Å². The van der Waals surface area contributed by atoms with Crippen molar-refractivity contribution in [3.63, 3.8) is 0 Å². The third kappa shape index (κ3) is 6.31. The summed E-state index contributed by atoms with van der Waals surface area (Å²) in [5.74, 6) is 0.650. The maximum atomic E-state index is 13.3. The number of halogens is 2. The van der Waals surface area contributed by atoms with E-state index >= 15 is 0 Å². The number of carbonyl (C=O) groups excluding carboxylic acids is 1. The van der Waals surface area contributed by atoms with Gasteiger partial charge in [-0.15, -0.1) is 0 Å². The number of rotatable bonds is 9. The first-order chi connectivity index (χ1) is 18.3. The molecule has 0 aliphatic carbocycles. The van der Waals surface area contributed by atoms with Crippen molar-refractivity contribution in [2.75, 3.05) is 62.8 Å². The van der Waals surface area contributed by atoms with E-state index in [-0.39, 0.29) is 39.9 Å². The lowest BCUT2D eigenvalue weighted by Crippen LogP contribution is -2.41. The first kappa shape index (κ1) is 28.8. The highest BCUT2D eigenvalue weighted by atomic mass is 35.5. The fourth-order valence-electron chi connectivity index (χ4n) is 4.70. The number of piperidine rings is 1. The van der Waals surface area contributed by atoms with Crippen LogP contribution < -0.4 is 19.7 Å². The van der Waals surface area contributed by atoms with Crippen molar-refractivity contribution in [3.8, 4) is 11.5 Å². The standard InChI is InChI=1S/C26H33Cl2N3O6S/c1-3-36-23-17-22(30-12-14-35-15-13-30)24(37-4-2)16-21(23)29-26(32)18-8-10-31(11-9-18)38(33,34)25-19(27)6-5-7-20(25)28/h5-7,16-18H,3-4,8-15H2,1-2H3,(H,29,32). The molecule has 0 unspecified atom stereocenters. The number of morpholine rings is 1. The number of benzene rings is 2. The Hall–Kier alpha value is -2.24. The van der Waals surface area contributed by atoms with E-state index in [1.807, 2.05) is 19.9 Å². The first-order valence-electron chi connectivity index (χ1n) is 12.8. The van der Waals surface area contributed by atoms with Crippen LogP contribution in [-0.2, 0) is 19.6 Å². The lowest BCUT2D eigenvalue weighted by molar-refractivity contribution is -0.120. The molecular weight excluding hydrogens is 553 g/mol. The highest BCUT2D eigenvalue weighted by molar-refractivity contribution is 7.89. The summed E-state index contributed by atoms with van der Waals surface area (Å²) in [5.41, 5.74) is 1.42. The molecule has 38 heavy (non-hydrogen) atoms. The molecule has 1 amide bonds. The Balaban J connectivity index is 1.49. The SMILES string of the molecule is CCOc1cc(N2CCOCC2)c(OCC)cc1NC(=O)C1CCN(S(=O)(=O)c2c(Cl)cccc2Cl)CC1. The van der Waals surface area contributed by atoms with Gasteiger partial charge in [0.05, 0.1) is 47.8 Å². The van der Waals surface area contributed by atoms with Crippen molar-refractivity contribution in [1.82, 2.24) is 4.31 Å². The van der Waals surface area contributed by atoms with E-state index in [4.69, 9.17) is 37.4 Å². The van der Waals surface area contributed by atoms with Gasteiger partial charge in [0, 0.05) is 44.2 Å². The van der Waals surface area contributed by atoms with Gasteiger partial charge >= 0.3 is 0 Å². The van der Waals surface area contributed by atoms with Crippen LogP contribution in [0.1, 0.15) is 26.7 Å². The molecule has 0 spiro atoms. The summed E-state index contributed by atoms with van der Waals surface area (Å²) in [7, 11) is -3.89. The summed E-state index contributed by atoms with van der Waals surface area (Å²) >= 11 is 12.3. The van der Waals surface area contributed by atoms with Crippen LogP contribution in [0.15, 0.2) is 35.2 Å². The molecule has 2 heterocycles. The van der Waals surface area contributed by atoms with Gasteiger partial charge in [0.25, 0.3) is 0 Å². The second-order valence-corrected chi connectivity index (χ2v) is 11.7. The van der Waals surface area contributed by atoms with Gasteiger partial charge in [0.2, 0.25) is 15.9 Å². The molecule has 4 rings (SSSR count). The molecule has 2 aliphatic heterocycles. The van der Waals surface area contributed by atoms with Crippen molar-refractivity contribution >= 4 is 50.5 Å². The maximum absolute atomic E-state index is 13.3. The molecular formula is C26H33Cl2N3O6S. The van der Waals surface area contributed by atoms with Crippen molar-refractivity contribution in [1.29, 1.82) is 0 Å². The molecule has 1 N–H and O–H groups in total. The van der Waals surface area contributed by atoms with Crippen LogP contribution >= 0.6 is 23.2 Å². The summed E-state index contributed by atoms with van der Waals surface area (Å²) in [4.78, 5) is 15.4. The molecule has 12 heteroatoms. The van der Waals surface area contributed by atoms with Gasteiger partial charge in [-0.1, -0.05) is 29.3 Å². The highest BCUT2D eigenvalue weighted by Gasteiger charge is 2.35. The predicted molar refractivity (Wildman–Crippen MR) is 148 cm³/mol. The molecule has 2 aromatic rings. The Morgan fingerprint density at radius 1 is 1.00 bits per heavy atom. The quantitative estimate of drug-likeness (QED) is 0.456. The van der Waals surface area contributed by atoms with Gasteiger partial charge in [0.1, 0.15) is 16.4 Å². The number of carbonyl (C=O) groups is 1. The molecule has 2 saturated heterocycles. The fourth-order valence-corrected chi connectivity index (χ4v) is 7.26. The molecule has 2 fully saturated rings. The predicted octanol–water partition coefficient (Wildman–Crippen LogP) is 4.67. The number of ether oxygens (including phenoxy) is 3. The summed E-state index contributed by atoms with van der Waals surface area (Å²) in [6, 6.07) is 8.30. The molecule has 0 saturated carbocycles. The molecule has 2 aromatic carbocycles. The summed E-state index contributed by atoms with van der Waals surface area (Å²) in [6.07, 6.45) is 0.725. The average Bonchev–Trinajstić information content (AvgIpc) is 2.90. The molecule has 0 bridgehead atoms. The van der Waals surface area contributed by atoms with E-state index in [2.05, 4.69) is 10.2 Å². The summed E-state index contributed by atoms with van der Waals surface area (Å²) in [6.45, 7) is 7.79. The van der Waals surface area contributed by atoms with Gasteiger partial charge < -0.3 is 24.4 Å². The van der Waals surface area contributed by atoms with E-state index in [9.17, 15) is 13.2 Å². The number of nitrogens with one attached hydrogen (secondary N) is 1. The molecule has 208 valence electrons. The van der Waals surface area contributed by atoms with E-state index in [1.54, 1.807) is 12.1 Å². The number of sulfonamides is 1. The van der Waals surface area contributed by atoms with Crippen LogP contribution in [0.5, 0.6) is 11.5 Å². The highest BCUT2D eigenvalue weighted by Crippen LogP contribution is 2.40.